The van der Waals surface area contributed by atoms with Gasteiger partial charge in [-0.25, -0.2) is 0 Å². The summed E-state index contributed by atoms with van der Waals surface area (Å²) in [6.45, 7) is 0.662. The largest absolute Gasteiger partial charge is 0.507 e. The Morgan fingerprint density at radius 2 is 2.37 bits per heavy atom. The van der Waals surface area contributed by atoms with Crippen LogP contribution in [0.15, 0.2) is 18.2 Å². The monoisotopic (exact) mass is 281 g/mol. The molecule has 2 N–H and O–H groups in total. The Balaban J connectivity index is 1.92. The summed E-state index contributed by atoms with van der Waals surface area (Å²) >= 11 is 1.91. The van der Waals surface area contributed by atoms with Crippen LogP contribution in [0.5, 0.6) is 11.5 Å². The predicted molar refractivity (Wildman–Crippen MR) is 77.1 cm³/mol. The van der Waals surface area contributed by atoms with E-state index in [0.717, 1.165) is 6.42 Å². The third-order valence-corrected chi connectivity index (χ3v) is 4.61. The molecule has 1 aliphatic heterocycles. The zero-order valence-corrected chi connectivity index (χ0v) is 11.8. The fourth-order valence-electron chi connectivity index (χ4n) is 2.10. The summed E-state index contributed by atoms with van der Waals surface area (Å²) in [5.41, 5.74) is 0.293. The van der Waals surface area contributed by atoms with Gasteiger partial charge in [0.2, 0.25) is 0 Å². The molecule has 2 rings (SSSR count). The number of hydrogen-bond donors (Lipinski definition) is 2. The average molecular weight is 281 g/mol. The fourth-order valence-corrected chi connectivity index (χ4v) is 3.34. The number of carbonyl (C=O) groups is 1. The van der Waals surface area contributed by atoms with Crippen LogP contribution >= 0.6 is 11.8 Å². The number of phenolic OH excluding ortho intramolecular Hbond substituents is 1. The third-order valence-electron chi connectivity index (χ3n) is 3.21. The van der Waals surface area contributed by atoms with Crippen molar-refractivity contribution in [1.29, 1.82) is 0 Å². The molecule has 4 nitrogen and oxygen atoms in total. The summed E-state index contributed by atoms with van der Waals surface area (Å²) < 4.78 is 4.99. The lowest BCUT2D eigenvalue weighted by Crippen LogP contribution is -2.31. The highest BCUT2D eigenvalue weighted by Crippen LogP contribution is 2.25. The zero-order valence-electron chi connectivity index (χ0n) is 11.0. The maximum atomic E-state index is 12.0. The smallest absolute Gasteiger partial charge is 0.255 e. The van der Waals surface area contributed by atoms with Crippen molar-refractivity contribution < 1.29 is 14.6 Å². The maximum Gasteiger partial charge on any atom is 0.255 e. The molecule has 19 heavy (non-hydrogen) atoms. The highest BCUT2D eigenvalue weighted by atomic mass is 32.2. The van der Waals surface area contributed by atoms with E-state index < -0.39 is 0 Å². The van der Waals surface area contributed by atoms with Crippen LogP contribution in [0.3, 0.4) is 0 Å². The summed E-state index contributed by atoms with van der Waals surface area (Å²) in [6.07, 6.45) is 3.66. The molecule has 1 aliphatic rings. The lowest BCUT2D eigenvalue weighted by atomic mass is 10.1. The van der Waals surface area contributed by atoms with Gasteiger partial charge < -0.3 is 15.2 Å². The molecule has 1 aromatic rings. The van der Waals surface area contributed by atoms with Gasteiger partial charge in [-0.15, -0.1) is 0 Å². The normalized spacial score (nSPS) is 18.9. The maximum absolute atomic E-state index is 12.0. The first-order chi connectivity index (χ1) is 9.20. The van der Waals surface area contributed by atoms with Crippen LogP contribution in [0.4, 0.5) is 0 Å². The number of carbonyl (C=O) groups excluding carboxylic acids is 1. The fraction of sp³-hybridized carbons (Fsp3) is 0.500. The molecule has 1 amide bonds. The highest BCUT2D eigenvalue weighted by Gasteiger charge is 2.17. The zero-order chi connectivity index (χ0) is 13.7. The Morgan fingerprint density at radius 3 is 3.00 bits per heavy atom. The number of thioether (sulfide) groups is 1. The number of amides is 1. The van der Waals surface area contributed by atoms with E-state index in [1.165, 1.54) is 31.8 Å². The van der Waals surface area contributed by atoms with Gasteiger partial charge in [0.15, 0.2) is 0 Å². The van der Waals surface area contributed by atoms with Gasteiger partial charge in [-0.1, -0.05) is 6.42 Å². The van der Waals surface area contributed by atoms with Crippen molar-refractivity contribution in [3.63, 3.8) is 0 Å². The molecule has 1 unspecified atom stereocenters. The number of benzene rings is 1. The lowest BCUT2D eigenvalue weighted by Gasteiger charge is -2.21. The van der Waals surface area contributed by atoms with E-state index in [4.69, 9.17) is 4.74 Å². The molecule has 0 aromatic heterocycles. The standard InChI is InChI=1S/C14H19NO3S/c1-18-10-5-6-12(13(16)8-10)14(17)15-9-11-4-2-3-7-19-11/h5-6,8,11,16H,2-4,7,9H2,1H3,(H,15,17). The van der Waals surface area contributed by atoms with Crippen LogP contribution in [0.1, 0.15) is 29.6 Å². The quantitative estimate of drug-likeness (QED) is 0.890. The second kappa shape index (κ2) is 6.70. The van der Waals surface area contributed by atoms with Crippen LogP contribution in [0.25, 0.3) is 0 Å². The minimum Gasteiger partial charge on any atom is -0.507 e. The van der Waals surface area contributed by atoms with Crippen molar-refractivity contribution in [2.45, 2.75) is 24.5 Å². The Labute approximate surface area is 117 Å². The SMILES string of the molecule is COc1ccc(C(=O)NCC2CCCCS2)c(O)c1. The van der Waals surface area contributed by atoms with Gasteiger partial charge in [-0.3, -0.25) is 4.79 Å². The molecule has 0 bridgehead atoms. The predicted octanol–water partition coefficient (Wildman–Crippen LogP) is 2.42. The van der Waals surface area contributed by atoms with Crippen molar-refractivity contribution in [2.75, 3.05) is 19.4 Å². The van der Waals surface area contributed by atoms with Crippen molar-refractivity contribution in [2.24, 2.45) is 0 Å². The number of phenols is 1. The van der Waals surface area contributed by atoms with E-state index in [0.29, 0.717) is 23.1 Å². The first kappa shape index (κ1) is 14.1. The summed E-state index contributed by atoms with van der Waals surface area (Å²) in [4.78, 5) is 12.0. The Morgan fingerprint density at radius 1 is 1.53 bits per heavy atom. The number of aromatic hydroxyl groups is 1. The lowest BCUT2D eigenvalue weighted by molar-refractivity contribution is 0.0950. The molecule has 1 atom stereocenters. The average Bonchev–Trinajstić information content (AvgIpc) is 2.45. The van der Waals surface area contributed by atoms with Gasteiger partial charge in [0.05, 0.1) is 12.7 Å². The van der Waals surface area contributed by atoms with E-state index in [2.05, 4.69) is 5.32 Å². The van der Waals surface area contributed by atoms with E-state index in [1.807, 2.05) is 11.8 Å². The Hall–Kier alpha value is -1.36. The van der Waals surface area contributed by atoms with Gasteiger partial charge in [0.1, 0.15) is 11.5 Å². The van der Waals surface area contributed by atoms with E-state index in [9.17, 15) is 9.90 Å². The Kier molecular flexibility index (Phi) is 4.96. The molecule has 1 saturated heterocycles. The van der Waals surface area contributed by atoms with Gasteiger partial charge in [0.25, 0.3) is 5.91 Å². The van der Waals surface area contributed by atoms with Crippen molar-refractivity contribution >= 4 is 17.7 Å². The highest BCUT2D eigenvalue weighted by molar-refractivity contribution is 7.99. The molecule has 0 spiro atoms. The number of ether oxygens (including phenoxy) is 1. The van der Waals surface area contributed by atoms with Crippen LogP contribution in [0, 0.1) is 0 Å². The summed E-state index contributed by atoms with van der Waals surface area (Å²) in [6, 6.07) is 4.70. The molecule has 5 heteroatoms. The number of rotatable bonds is 4. The minimum atomic E-state index is -0.230. The first-order valence-electron chi connectivity index (χ1n) is 6.47. The molecule has 1 aromatic carbocycles. The van der Waals surface area contributed by atoms with Crippen molar-refractivity contribution in [3.8, 4) is 11.5 Å². The van der Waals surface area contributed by atoms with Crippen molar-refractivity contribution in [3.05, 3.63) is 23.8 Å². The van der Waals surface area contributed by atoms with E-state index >= 15 is 0 Å². The Bertz CT molecular complexity index is 444. The molecule has 1 heterocycles. The molecule has 0 radical (unpaired) electrons. The van der Waals surface area contributed by atoms with E-state index in [1.54, 1.807) is 12.1 Å². The molecular formula is C14H19NO3S. The van der Waals surface area contributed by atoms with Gasteiger partial charge >= 0.3 is 0 Å². The molecular weight excluding hydrogens is 262 g/mol. The minimum absolute atomic E-state index is 0.0480. The molecule has 0 saturated carbocycles. The number of methoxy groups -OCH3 is 1. The van der Waals surface area contributed by atoms with E-state index in [-0.39, 0.29) is 11.7 Å². The molecule has 1 fully saturated rings. The number of hydrogen-bond acceptors (Lipinski definition) is 4. The topological polar surface area (TPSA) is 58.6 Å². The van der Waals surface area contributed by atoms with Gasteiger partial charge in [0, 0.05) is 17.9 Å². The van der Waals surface area contributed by atoms with Crippen LogP contribution < -0.4 is 10.1 Å². The van der Waals surface area contributed by atoms with Crippen molar-refractivity contribution in [1.82, 2.24) is 5.32 Å². The van der Waals surface area contributed by atoms with Crippen LogP contribution in [-0.2, 0) is 0 Å². The molecule has 104 valence electrons. The summed E-state index contributed by atoms with van der Waals surface area (Å²) in [5.74, 6) is 1.44. The van der Waals surface area contributed by atoms with Crippen LogP contribution in [-0.4, -0.2) is 35.7 Å². The van der Waals surface area contributed by atoms with Gasteiger partial charge in [-0.05, 0) is 30.7 Å². The third kappa shape index (κ3) is 3.80. The number of nitrogens with one attached hydrogen (secondary N) is 1. The summed E-state index contributed by atoms with van der Waals surface area (Å²) in [5, 5.41) is 13.2. The second-order valence-electron chi connectivity index (χ2n) is 4.58. The first-order valence-corrected chi connectivity index (χ1v) is 7.52. The summed E-state index contributed by atoms with van der Waals surface area (Å²) in [7, 11) is 1.52. The van der Waals surface area contributed by atoms with Gasteiger partial charge in [-0.2, -0.15) is 11.8 Å². The molecule has 0 aliphatic carbocycles. The van der Waals surface area contributed by atoms with Crippen LogP contribution in [0.2, 0.25) is 0 Å². The second-order valence-corrected chi connectivity index (χ2v) is 5.99.